The minimum absolute atomic E-state index is 0.196. The van der Waals surface area contributed by atoms with Gasteiger partial charge in [-0.3, -0.25) is 0 Å². The average Bonchev–Trinajstić information content (AvgIpc) is 2.41. The number of nitrogens with two attached hydrogens (primary N) is 1. The monoisotopic (exact) mass is 187 g/mol. The van der Waals surface area contributed by atoms with Crippen LogP contribution in [-0.2, 0) is 4.74 Å². The molecule has 5 nitrogen and oxygen atoms in total. The van der Waals surface area contributed by atoms with E-state index in [0.717, 1.165) is 6.42 Å². The molecular weight excluding hydrogens is 170 g/mol. The normalized spacial score (nSPS) is 35.2. The molecule has 0 aromatic carbocycles. The Morgan fingerprint density at radius 1 is 1.69 bits per heavy atom. The summed E-state index contributed by atoms with van der Waals surface area (Å²) >= 11 is 0. The zero-order valence-corrected chi connectivity index (χ0v) is 8.03. The van der Waals surface area contributed by atoms with Crippen LogP contribution in [0, 0.1) is 0 Å². The highest BCUT2D eigenvalue weighted by Gasteiger charge is 2.28. The molecule has 1 fully saturated rings. The van der Waals surface area contributed by atoms with Gasteiger partial charge in [0.25, 0.3) is 0 Å². The van der Waals surface area contributed by atoms with Crippen LogP contribution in [-0.4, -0.2) is 35.8 Å². The maximum atomic E-state index is 8.32. The number of ether oxygens (including phenoxy) is 1. The number of nitrogens with one attached hydrogen (secondary N) is 1. The van der Waals surface area contributed by atoms with Crippen LogP contribution in [0.15, 0.2) is 5.16 Å². The number of hydrogen-bond acceptors (Lipinski definition) is 4. The zero-order chi connectivity index (χ0) is 9.84. The molecule has 0 aromatic rings. The first-order valence-corrected chi connectivity index (χ1v) is 4.48. The summed E-state index contributed by atoms with van der Waals surface area (Å²) in [5, 5.41) is 14.4. The fourth-order valence-electron chi connectivity index (χ4n) is 1.59. The van der Waals surface area contributed by atoms with E-state index in [9.17, 15) is 0 Å². The van der Waals surface area contributed by atoms with E-state index < -0.39 is 0 Å². The molecule has 0 saturated carbocycles. The summed E-state index contributed by atoms with van der Waals surface area (Å²) in [5.74, 6) is 0.201. The van der Waals surface area contributed by atoms with Crippen molar-refractivity contribution in [2.45, 2.75) is 38.5 Å². The van der Waals surface area contributed by atoms with Crippen LogP contribution in [0.3, 0.4) is 0 Å². The van der Waals surface area contributed by atoms with E-state index in [1.807, 2.05) is 13.8 Å². The Morgan fingerprint density at radius 3 is 2.85 bits per heavy atom. The van der Waals surface area contributed by atoms with Crippen LogP contribution in [0.2, 0.25) is 0 Å². The minimum Gasteiger partial charge on any atom is -0.409 e. The third-order valence-electron chi connectivity index (χ3n) is 2.27. The van der Waals surface area contributed by atoms with Gasteiger partial charge in [0, 0.05) is 6.04 Å². The number of nitrogens with zero attached hydrogens (tertiary/aromatic N) is 1. The second kappa shape index (κ2) is 4.43. The summed E-state index contributed by atoms with van der Waals surface area (Å²) in [4.78, 5) is 0. The van der Waals surface area contributed by atoms with Gasteiger partial charge in [0.05, 0.1) is 18.8 Å². The quantitative estimate of drug-likeness (QED) is 0.249. The van der Waals surface area contributed by atoms with Crippen molar-refractivity contribution in [2.24, 2.45) is 10.9 Å². The molecule has 0 spiro atoms. The average molecular weight is 187 g/mol. The van der Waals surface area contributed by atoms with E-state index >= 15 is 0 Å². The zero-order valence-electron chi connectivity index (χ0n) is 8.03. The van der Waals surface area contributed by atoms with Crippen molar-refractivity contribution in [1.82, 2.24) is 5.32 Å². The smallest absolute Gasteiger partial charge is 0.153 e. The largest absolute Gasteiger partial charge is 0.409 e. The van der Waals surface area contributed by atoms with Crippen LogP contribution in [0.4, 0.5) is 0 Å². The van der Waals surface area contributed by atoms with Gasteiger partial charge in [-0.2, -0.15) is 0 Å². The third-order valence-corrected chi connectivity index (χ3v) is 2.27. The third kappa shape index (κ3) is 2.86. The second-order valence-electron chi connectivity index (χ2n) is 3.47. The lowest BCUT2D eigenvalue weighted by Crippen LogP contribution is -2.40. The fourth-order valence-corrected chi connectivity index (χ4v) is 1.59. The van der Waals surface area contributed by atoms with Crippen molar-refractivity contribution in [1.29, 1.82) is 0 Å². The molecule has 0 bridgehead atoms. The number of oxime groups is 1. The SMILES string of the molecule is CC1CC(NC/C(N)=N/O)C(C)O1. The van der Waals surface area contributed by atoms with Crippen LogP contribution >= 0.6 is 0 Å². The molecule has 5 heteroatoms. The molecule has 0 radical (unpaired) electrons. The Balaban J connectivity index is 2.29. The summed E-state index contributed by atoms with van der Waals surface area (Å²) in [6, 6.07) is 0.301. The van der Waals surface area contributed by atoms with Gasteiger partial charge in [-0.25, -0.2) is 0 Å². The Bertz CT molecular complexity index is 196. The predicted molar refractivity (Wildman–Crippen MR) is 49.8 cm³/mol. The maximum absolute atomic E-state index is 8.32. The van der Waals surface area contributed by atoms with Gasteiger partial charge in [0.1, 0.15) is 0 Å². The van der Waals surface area contributed by atoms with Crippen molar-refractivity contribution < 1.29 is 9.94 Å². The van der Waals surface area contributed by atoms with Crippen LogP contribution in [0.1, 0.15) is 20.3 Å². The molecule has 1 saturated heterocycles. The Labute approximate surface area is 77.9 Å². The maximum Gasteiger partial charge on any atom is 0.153 e. The van der Waals surface area contributed by atoms with Crippen molar-refractivity contribution in [3.05, 3.63) is 0 Å². The lowest BCUT2D eigenvalue weighted by Gasteiger charge is -2.14. The molecule has 1 aliphatic heterocycles. The van der Waals surface area contributed by atoms with Crippen molar-refractivity contribution in [3.8, 4) is 0 Å². The van der Waals surface area contributed by atoms with Crippen LogP contribution < -0.4 is 11.1 Å². The van der Waals surface area contributed by atoms with Gasteiger partial charge >= 0.3 is 0 Å². The first-order valence-electron chi connectivity index (χ1n) is 4.48. The molecule has 1 rings (SSSR count). The summed E-state index contributed by atoms with van der Waals surface area (Å²) in [7, 11) is 0. The second-order valence-corrected chi connectivity index (χ2v) is 3.47. The van der Waals surface area contributed by atoms with Gasteiger partial charge in [-0.15, -0.1) is 0 Å². The van der Waals surface area contributed by atoms with Crippen molar-refractivity contribution in [3.63, 3.8) is 0 Å². The number of rotatable bonds is 3. The standard InChI is InChI=1S/C8H17N3O2/c1-5-3-7(6(2)13-5)10-4-8(9)11-12/h5-7,10,12H,3-4H2,1-2H3,(H2,9,11). The minimum atomic E-state index is 0.196. The van der Waals surface area contributed by atoms with Gasteiger partial charge in [-0.1, -0.05) is 5.16 Å². The molecule has 3 unspecified atom stereocenters. The Morgan fingerprint density at radius 2 is 2.38 bits per heavy atom. The summed E-state index contributed by atoms with van der Waals surface area (Å²) in [6.07, 6.45) is 1.46. The molecule has 0 amide bonds. The van der Waals surface area contributed by atoms with E-state index in [1.54, 1.807) is 0 Å². The molecule has 0 aromatic heterocycles. The van der Waals surface area contributed by atoms with E-state index in [0.29, 0.717) is 18.7 Å². The lowest BCUT2D eigenvalue weighted by atomic mass is 10.1. The van der Waals surface area contributed by atoms with Crippen LogP contribution in [0.5, 0.6) is 0 Å². The van der Waals surface area contributed by atoms with Crippen molar-refractivity contribution in [2.75, 3.05) is 6.54 Å². The highest BCUT2D eigenvalue weighted by Crippen LogP contribution is 2.18. The van der Waals surface area contributed by atoms with Gasteiger partial charge in [-0.05, 0) is 20.3 Å². The molecule has 13 heavy (non-hydrogen) atoms. The predicted octanol–water partition coefficient (Wildman–Crippen LogP) is -0.112. The molecule has 3 atom stereocenters. The Kier molecular flexibility index (Phi) is 3.50. The molecule has 0 aliphatic carbocycles. The molecule has 76 valence electrons. The van der Waals surface area contributed by atoms with E-state index in [1.165, 1.54) is 0 Å². The van der Waals surface area contributed by atoms with Gasteiger partial charge in [0.15, 0.2) is 5.84 Å². The van der Waals surface area contributed by atoms with Gasteiger partial charge in [0.2, 0.25) is 0 Å². The number of hydrogen-bond donors (Lipinski definition) is 3. The van der Waals surface area contributed by atoms with Crippen molar-refractivity contribution >= 4 is 5.84 Å². The summed E-state index contributed by atoms with van der Waals surface area (Å²) < 4.78 is 5.53. The van der Waals surface area contributed by atoms with Crippen LogP contribution in [0.25, 0.3) is 0 Å². The van der Waals surface area contributed by atoms with E-state index in [4.69, 9.17) is 15.7 Å². The molecule has 4 N–H and O–H groups in total. The highest BCUT2D eigenvalue weighted by atomic mass is 16.5. The van der Waals surface area contributed by atoms with Gasteiger partial charge < -0.3 is 21.0 Å². The number of amidine groups is 1. The topological polar surface area (TPSA) is 79.9 Å². The first kappa shape index (κ1) is 10.3. The first-order chi connectivity index (χ1) is 6.13. The van der Waals surface area contributed by atoms with E-state index in [-0.39, 0.29) is 11.9 Å². The highest BCUT2D eigenvalue weighted by molar-refractivity contribution is 5.81. The molecule has 1 aliphatic rings. The van der Waals surface area contributed by atoms with E-state index in [2.05, 4.69) is 10.5 Å². The lowest BCUT2D eigenvalue weighted by molar-refractivity contribution is 0.0610. The fraction of sp³-hybridized carbons (Fsp3) is 0.875. The Hall–Kier alpha value is -0.810. The summed E-state index contributed by atoms with van der Waals surface area (Å²) in [5.41, 5.74) is 5.33. The summed E-state index contributed by atoms with van der Waals surface area (Å²) in [6.45, 7) is 4.47. The molecule has 1 heterocycles. The molecular formula is C8H17N3O2.